The van der Waals surface area contributed by atoms with Crippen LogP contribution in [0.5, 0.6) is 0 Å². The summed E-state index contributed by atoms with van der Waals surface area (Å²) in [5, 5.41) is 2.73. The Morgan fingerprint density at radius 2 is 1.80 bits per heavy atom. The Hall–Kier alpha value is -0.790. The zero-order valence-corrected chi connectivity index (χ0v) is 17.6. The molecule has 0 aromatic carbocycles. The molecule has 1 saturated heterocycles. The molecular weight excluding hydrogens is 385 g/mol. The summed E-state index contributed by atoms with van der Waals surface area (Å²) in [6.45, 7) is 5.41. The number of rotatable bonds is 4. The molecule has 0 unspecified atom stereocenters. The largest absolute Gasteiger partial charge is 0.370 e. The number of halogens is 3. The first-order valence-electron chi connectivity index (χ1n) is 7.75. The Labute approximate surface area is 169 Å². The van der Waals surface area contributed by atoms with Gasteiger partial charge >= 0.3 is 0 Å². The molecule has 0 aliphatic carbocycles. The Morgan fingerprint density at radius 3 is 2.20 bits per heavy atom. The number of carbonyl (C=O) groups excluding carboxylic acids is 1. The minimum atomic E-state index is -0.908. The number of nitrogens with two attached hydrogens (primary N) is 1. The second-order valence-electron chi connectivity index (χ2n) is 6.76. The highest BCUT2D eigenvalue weighted by atomic mass is 35.5. The number of aromatic nitrogens is 1. The van der Waals surface area contributed by atoms with Crippen LogP contribution in [0.15, 0.2) is 18.3 Å². The second-order valence-corrected chi connectivity index (χ2v) is 6.76. The maximum atomic E-state index is 11.8. The van der Waals surface area contributed by atoms with E-state index in [0.29, 0.717) is 11.9 Å². The molecule has 0 radical (unpaired) electrons. The molecule has 1 aliphatic heterocycles. The van der Waals surface area contributed by atoms with Gasteiger partial charge in [-0.2, -0.15) is 0 Å². The van der Waals surface area contributed by atoms with Gasteiger partial charge in [-0.05, 0) is 52.9 Å². The maximum Gasteiger partial charge on any atom is 0.245 e. The number of hydrogen-bond acceptors (Lipinski definition) is 5. The number of hydrogen-bond donors (Lipinski definition) is 2. The van der Waals surface area contributed by atoms with Crippen molar-refractivity contribution in [2.24, 2.45) is 5.73 Å². The summed E-state index contributed by atoms with van der Waals surface area (Å²) in [5.74, 6) is 0.301. The lowest BCUT2D eigenvalue weighted by molar-refractivity contribution is -0.120. The zero-order chi connectivity index (χ0) is 16.3. The Kier molecular flexibility index (Phi) is 11.7. The normalized spacial score (nSPS) is 14.9. The lowest BCUT2D eigenvalue weighted by Gasteiger charge is -2.36. The third kappa shape index (κ3) is 7.54. The van der Waals surface area contributed by atoms with E-state index in [1.807, 2.05) is 18.3 Å². The molecule has 2 heterocycles. The molecular formula is C16H30Cl3N5O. The van der Waals surface area contributed by atoms with E-state index < -0.39 is 5.54 Å². The number of anilines is 2. The van der Waals surface area contributed by atoms with Gasteiger partial charge in [0.1, 0.15) is 5.82 Å². The van der Waals surface area contributed by atoms with Gasteiger partial charge < -0.3 is 20.9 Å². The summed E-state index contributed by atoms with van der Waals surface area (Å²) in [7, 11) is 4.27. The van der Waals surface area contributed by atoms with Crippen molar-refractivity contribution in [3.8, 4) is 0 Å². The second kappa shape index (κ2) is 11.0. The zero-order valence-electron chi connectivity index (χ0n) is 15.2. The van der Waals surface area contributed by atoms with Crippen molar-refractivity contribution in [1.82, 2.24) is 9.88 Å². The van der Waals surface area contributed by atoms with Gasteiger partial charge in [0.2, 0.25) is 5.91 Å². The van der Waals surface area contributed by atoms with Crippen LogP contribution in [0.1, 0.15) is 26.7 Å². The molecule has 25 heavy (non-hydrogen) atoms. The molecule has 0 bridgehead atoms. The molecule has 1 fully saturated rings. The number of nitrogens with one attached hydrogen (secondary N) is 1. The molecule has 2 rings (SSSR count). The van der Waals surface area contributed by atoms with E-state index in [1.165, 1.54) is 0 Å². The SMILES string of the molecule is CN(C)C1CCN(c2ccc(NC(=O)C(C)(C)N)nc2)CC1.Cl.Cl.Cl. The number of carbonyl (C=O) groups is 1. The van der Waals surface area contributed by atoms with Gasteiger partial charge in [-0.3, -0.25) is 4.79 Å². The van der Waals surface area contributed by atoms with Crippen molar-refractivity contribution in [1.29, 1.82) is 0 Å². The summed E-state index contributed by atoms with van der Waals surface area (Å²) < 4.78 is 0. The molecule has 1 aromatic rings. The molecule has 1 aromatic heterocycles. The van der Waals surface area contributed by atoms with Gasteiger partial charge in [0, 0.05) is 19.1 Å². The van der Waals surface area contributed by atoms with Gasteiger partial charge in [0.25, 0.3) is 0 Å². The molecule has 0 saturated carbocycles. The van der Waals surface area contributed by atoms with Crippen molar-refractivity contribution in [2.45, 2.75) is 38.3 Å². The number of pyridine rings is 1. The van der Waals surface area contributed by atoms with Crippen molar-refractivity contribution < 1.29 is 4.79 Å². The Bertz CT molecular complexity index is 511. The van der Waals surface area contributed by atoms with Crippen LogP contribution in [0.3, 0.4) is 0 Å². The summed E-state index contributed by atoms with van der Waals surface area (Å²) in [6.07, 6.45) is 4.13. The van der Waals surface area contributed by atoms with Crippen molar-refractivity contribution in [3.05, 3.63) is 18.3 Å². The summed E-state index contributed by atoms with van der Waals surface area (Å²) in [5.41, 5.74) is 5.95. The van der Waals surface area contributed by atoms with Crippen LogP contribution in [-0.2, 0) is 4.79 Å². The average molecular weight is 415 g/mol. The first kappa shape index (κ1) is 26.4. The minimum Gasteiger partial charge on any atom is -0.370 e. The van der Waals surface area contributed by atoms with E-state index in [1.54, 1.807) is 13.8 Å². The summed E-state index contributed by atoms with van der Waals surface area (Å²) >= 11 is 0. The van der Waals surface area contributed by atoms with Crippen molar-refractivity contribution in [3.63, 3.8) is 0 Å². The van der Waals surface area contributed by atoms with Crippen LogP contribution in [0.2, 0.25) is 0 Å². The quantitative estimate of drug-likeness (QED) is 0.792. The fourth-order valence-corrected chi connectivity index (χ4v) is 2.56. The summed E-state index contributed by atoms with van der Waals surface area (Å²) in [6, 6.07) is 4.49. The first-order chi connectivity index (χ1) is 10.3. The fraction of sp³-hybridized carbons (Fsp3) is 0.625. The highest BCUT2D eigenvalue weighted by molar-refractivity contribution is 5.96. The van der Waals surface area contributed by atoms with E-state index in [9.17, 15) is 4.79 Å². The monoisotopic (exact) mass is 413 g/mol. The Morgan fingerprint density at radius 1 is 1.24 bits per heavy atom. The fourth-order valence-electron chi connectivity index (χ4n) is 2.56. The Balaban J connectivity index is 0. The van der Waals surface area contributed by atoms with Gasteiger partial charge in [-0.15, -0.1) is 37.2 Å². The van der Waals surface area contributed by atoms with Crippen LogP contribution < -0.4 is 16.0 Å². The van der Waals surface area contributed by atoms with E-state index in [4.69, 9.17) is 5.73 Å². The van der Waals surface area contributed by atoms with Crippen LogP contribution in [0.25, 0.3) is 0 Å². The molecule has 1 amide bonds. The average Bonchev–Trinajstić information content (AvgIpc) is 2.47. The molecule has 146 valence electrons. The minimum absolute atomic E-state index is 0. The predicted molar refractivity (Wildman–Crippen MR) is 112 cm³/mol. The van der Waals surface area contributed by atoms with Crippen LogP contribution in [-0.4, -0.2) is 54.6 Å². The van der Waals surface area contributed by atoms with Gasteiger partial charge in [-0.25, -0.2) is 4.98 Å². The molecule has 0 spiro atoms. The smallest absolute Gasteiger partial charge is 0.245 e. The van der Waals surface area contributed by atoms with Crippen LogP contribution >= 0.6 is 37.2 Å². The lowest BCUT2D eigenvalue weighted by atomic mass is 10.0. The van der Waals surface area contributed by atoms with E-state index in [2.05, 4.69) is 34.2 Å². The molecule has 9 heteroatoms. The standard InChI is InChI=1S/C16H27N5O.3ClH/c1-16(2,17)15(22)19-14-6-5-13(11-18-14)21-9-7-12(8-10-21)20(3)4;;;/h5-6,11-12H,7-10,17H2,1-4H3,(H,18,19,22);3*1H. The van der Waals surface area contributed by atoms with E-state index in [0.717, 1.165) is 31.6 Å². The van der Waals surface area contributed by atoms with Crippen LogP contribution in [0, 0.1) is 0 Å². The van der Waals surface area contributed by atoms with Crippen molar-refractivity contribution >= 4 is 54.6 Å². The van der Waals surface area contributed by atoms with Crippen LogP contribution in [0.4, 0.5) is 11.5 Å². The molecule has 6 nitrogen and oxygen atoms in total. The maximum absolute atomic E-state index is 11.8. The topological polar surface area (TPSA) is 74.5 Å². The summed E-state index contributed by atoms with van der Waals surface area (Å²) in [4.78, 5) is 20.8. The molecule has 3 N–H and O–H groups in total. The molecule has 0 atom stereocenters. The third-order valence-electron chi connectivity index (χ3n) is 4.13. The van der Waals surface area contributed by atoms with E-state index >= 15 is 0 Å². The number of piperidine rings is 1. The third-order valence-corrected chi connectivity index (χ3v) is 4.13. The number of amides is 1. The lowest BCUT2D eigenvalue weighted by Crippen LogP contribution is -2.45. The van der Waals surface area contributed by atoms with Gasteiger partial charge in [-0.1, -0.05) is 0 Å². The van der Waals surface area contributed by atoms with Crippen molar-refractivity contribution in [2.75, 3.05) is 37.4 Å². The molecule has 1 aliphatic rings. The van der Waals surface area contributed by atoms with Gasteiger partial charge in [0.15, 0.2) is 0 Å². The highest BCUT2D eigenvalue weighted by Crippen LogP contribution is 2.22. The van der Waals surface area contributed by atoms with Gasteiger partial charge in [0.05, 0.1) is 17.4 Å². The predicted octanol–water partition coefficient (Wildman–Crippen LogP) is 2.55. The number of nitrogens with zero attached hydrogens (tertiary/aromatic N) is 3. The first-order valence-corrected chi connectivity index (χ1v) is 7.75. The van der Waals surface area contributed by atoms with E-state index in [-0.39, 0.29) is 43.1 Å². The highest BCUT2D eigenvalue weighted by Gasteiger charge is 2.23.